The Hall–Kier alpha value is -2.12. The number of benzene rings is 1. The summed E-state index contributed by atoms with van der Waals surface area (Å²) in [4.78, 5) is 0. The second-order valence-corrected chi connectivity index (χ2v) is 3.92. The van der Waals surface area contributed by atoms with E-state index in [0.29, 0.717) is 17.1 Å². The molecule has 0 amide bonds. The molecule has 0 aromatic heterocycles. The second-order valence-electron chi connectivity index (χ2n) is 3.92. The molecule has 1 aromatic rings. The number of methoxy groups -OCH3 is 1. The van der Waals surface area contributed by atoms with E-state index in [1.54, 1.807) is 0 Å². The molecule has 0 spiro atoms. The van der Waals surface area contributed by atoms with E-state index in [-0.39, 0.29) is 18.9 Å². The highest BCUT2D eigenvalue weighted by molar-refractivity contribution is 5.97. The van der Waals surface area contributed by atoms with Gasteiger partial charge in [0, 0.05) is 12.0 Å². The summed E-state index contributed by atoms with van der Waals surface area (Å²) in [5, 5.41) is 11.4. The number of hydrogen-bond donors (Lipinski definition) is 2. The van der Waals surface area contributed by atoms with Crippen LogP contribution in [0.15, 0.2) is 23.4 Å². The van der Waals surface area contributed by atoms with Crippen molar-refractivity contribution in [3.63, 3.8) is 0 Å². The number of ether oxygens (including phenoxy) is 2. The first kappa shape index (κ1) is 15.9. The Morgan fingerprint density at radius 1 is 1.35 bits per heavy atom. The van der Waals surface area contributed by atoms with Gasteiger partial charge in [-0.1, -0.05) is 5.16 Å². The number of halogens is 3. The minimum absolute atomic E-state index is 0.0845. The molecule has 112 valence electrons. The highest BCUT2D eigenvalue weighted by atomic mass is 19.4. The zero-order valence-electron chi connectivity index (χ0n) is 10.8. The van der Waals surface area contributed by atoms with Crippen LogP contribution in [0.2, 0.25) is 0 Å². The Balaban J connectivity index is 2.67. The third-order valence-electron chi connectivity index (χ3n) is 2.43. The van der Waals surface area contributed by atoms with Gasteiger partial charge in [0.15, 0.2) is 17.3 Å². The van der Waals surface area contributed by atoms with E-state index in [9.17, 15) is 13.2 Å². The fourth-order valence-corrected chi connectivity index (χ4v) is 1.46. The Kier molecular flexibility index (Phi) is 5.48. The molecule has 0 fully saturated rings. The fraction of sp³-hybridized carbons (Fsp3) is 0.417. The molecular weight excluding hydrogens is 277 g/mol. The average Bonchev–Trinajstić information content (AvgIpc) is 2.41. The number of hydrogen-bond acceptors (Lipinski definition) is 4. The normalized spacial score (nSPS) is 12.3. The van der Waals surface area contributed by atoms with Crippen LogP contribution in [0.4, 0.5) is 13.2 Å². The number of rotatable bonds is 6. The smallest absolute Gasteiger partial charge is 0.389 e. The quantitative estimate of drug-likeness (QED) is 0.278. The van der Waals surface area contributed by atoms with Crippen LogP contribution in [0.5, 0.6) is 11.5 Å². The van der Waals surface area contributed by atoms with Gasteiger partial charge in [0.25, 0.3) is 0 Å². The first-order valence-corrected chi connectivity index (χ1v) is 5.73. The lowest BCUT2D eigenvalue weighted by atomic mass is 10.2. The molecule has 3 N–H and O–H groups in total. The fourth-order valence-electron chi connectivity index (χ4n) is 1.46. The number of nitrogens with two attached hydrogens (primary N) is 1. The topological polar surface area (TPSA) is 77.1 Å². The molecule has 0 atom stereocenters. The molecule has 0 bridgehead atoms. The number of oxime groups is 1. The number of nitrogens with zero attached hydrogens (tertiary/aromatic N) is 1. The minimum atomic E-state index is -4.19. The first-order valence-electron chi connectivity index (χ1n) is 5.73. The molecule has 8 heteroatoms. The summed E-state index contributed by atoms with van der Waals surface area (Å²) < 4.78 is 46.2. The van der Waals surface area contributed by atoms with Crippen molar-refractivity contribution >= 4 is 5.84 Å². The van der Waals surface area contributed by atoms with Crippen molar-refractivity contribution in [2.24, 2.45) is 10.9 Å². The van der Waals surface area contributed by atoms with Gasteiger partial charge in [-0.15, -0.1) is 0 Å². The van der Waals surface area contributed by atoms with Gasteiger partial charge in [-0.25, -0.2) is 0 Å². The predicted molar refractivity (Wildman–Crippen MR) is 66.3 cm³/mol. The second kappa shape index (κ2) is 6.88. The molecular formula is C12H15F3N2O3. The van der Waals surface area contributed by atoms with Crippen LogP contribution in [0, 0.1) is 0 Å². The Bertz CT molecular complexity index is 476. The van der Waals surface area contributed by atoms with Gasteiger partial charge in [-0.3, -0.25) is 0 Å². The van der Waals surface area contributed by atoms with Gasteiger partial charge in [-0.2, -0.15) is 13.2 Å². The van der Waals surface area contributed by atoms with Crippen molar-refractivity contribution < 1.29 is 27.9 Å². The van der Waals surface area contributed by atoms with Crippen LogP contribution in [-0.2, 0) is 0 Å². The molecule has 0 heterocycles. The molecule has 0 saturated carbocycles. The van der Waals surface area contributed by atoms with E-state index in [2.05, 4.69) is 5.16 Å². The Morgan fingerprint density at radius 3 is 2.60 bits per heavy atom. The zero-order chi connectivity index (χ0) is 15.2. The SMILES string of the molecule is COc1cc(/C(N)=N/O)ccc1OCCCC(F)(F)F. The maximum Gasteiger partial charge on any atom is 0.389 e. The van der Waals surface area contributed by atoms with Gasteiger partial charge < -0.3 is 20.4 Å². The summed E-state index contributed by atoms with van der Waals surface area (Å²) >= 11 is 0. The third-order valence-corrected chi connectivity index (χ3v) is 2.43. The van der Waals surface area contributed by atoms with E-state index < -0.39 is 12.6 Å². The van der Waals surface area contributed by atoms with Crippen molar-refractivity contribution in [1.29, 1.82) is 0 Å². The lowest BCUT2D eigenvalue weighted by Gasteiger charge is -2.12. The maximum absolute atomic E-state index is 12.0. The molecule has 0 unspecified atom stereocenters. The summed E-state index contributed by atoms with van der Waals surface area (Å²) in [5.41, 5.74) is 5.83. The van der Waals surface area contributed by atoms with E-state index in [1.165, 1.54) is 25.3 Å². The zero-order valence-corrected chi connectivity index (χ0v) is 10.8. The van der Waals surface area contributed by atoms with Gasteiger partial charge in [-0.05, 0) is 24.6 Å². The summed E-state index contributed by atoms with van der Waals surface area (Å²) in [6, 6.07) is 4.46. The monoisotopic (exact) mass is 292 g/mol. The van der Waals surface area contributed by atoms with Gasteiger partial charge in [0.05, 0.1) is 13.7 Å². The van der Waals surface area contributed by atoms with E-state index in [0.717, 1.165) is 0 Å². The number of alkyl halides is 3. The van der Waals surface area contributed by atoms with Crippen molar-refractivity contribution in [3.8, 4) is 11.5 Å². The van der Waals surface area contributed by atoms with Crippen molar-refractivity contribution in [2.45, 2.75) is 19.0 Å². The van der Waals surface area contributed by atoms with Crippen molar-refractivity contribution in [3.05, 3.63) is 23.8 Å². The summed E-state index contributed by atoms with van der Waals surface area (Å²) in [6.45, 7) is -0.0845. The predicted octanol–water partition coefficient (Wildman–Crippen LogP) is 2.51. The van der Waals surface area contributed by atoms with Gasteiger partial charge in [0.1, 0.15) is 0 Å². The maximum atomic E-state index is 12.0. The van der Waals surface area contributed by atoms with Crippen molar-refractivity contribution in [2.75, 3.05) is 13.7 Å². The molecule has 1 rings (SSSR count). The van der Waals surface area contributed by atoms with Gasteiger partial charge >= 0.3 is 6.18 Å². The summed E-state index contributed by atoms with van der Waals surface area (Å²) in [6.07, 6.45) is -5.24. The van der Waals surface area contributed by atoms with E-state index in [1.807, 2.05) is 0 Å². The largest absolute Gasteiger partial charge is 0.493 e. The van der Waals surface area contributed by atoms with E-state index in [4.69, 9.17) is 20.4 Å². The minimum Gasteiger partial charge on any atom is -0.493 e. The standard InChI is InChI=1S/C12H15F3N2O3/c1-19-10-7-8(11(16)17-18)3-4-9(10)20-6-2-5-12(13,14)15/h3-4,7,18H,2,5-6H2,1H3,(H2,16,17). The average molecular weight is 292 g/mol. The van der Waals surface area contributed by atoms with Crippen LogP contribution < -0.4 is 15.2 Å². The molecule has 5 nitrogen and oxygen atoms in total. The molecule has 0 aliphatic carbocycles. The highest BCUT2D eigenvalue weighted by Crippen LogP contribution is 2.29. The van der Waals surface area contributed by atoms with Gasteiger partial charge in [0.2, 0.25) is 0 Å². The molecule has 0 radical (unpaired) electrons. The van der Waals surface area contributed by atoms with Crippen LogP contribution >= 0.6 is 0 Å². The lowest BCUT2D eigenvalue weighted by molar-refractivity contribution is -0.136. The van der Waals surface area contributed by atoms with Crippen LogP contribution in [0.1, 0.15) is 18.4 Å². The Morgan fingerprint density at radius 2 is 2.05 bits per heavy atom. The first-order chi connectivity index (χ1) is 9.37. The number of amidine groups is 1. The molecule has 0 aliphatic heterocycles. The van der Waals surface area contributed by atoms with Crippen LogP contribution in [-0.4, -0.2) is 30.9 Å². The highest BCUT2D eigenvalue weighted by Gasteiger charge is 2.26. The summed E-state index contributed by atoms with van der Waals surface area (Å²) in [7, 11) is 1.38. The molecule has 0 aliphatic rings. The molecule has 0 saturated heterocycles. The van der Waals surface area contributed by atoms with Crippen LogP contribution in [0.3, 0.4) is 0 Å². The van der Waals surface area contributed by atoms with E-state index >= 15 is 0 Å². The Labute approximate surface area is 113 Å². The third kappa shape index (κ3) is 4.87. The van der Waals surface area contributed by atoms with Crippen molar-refractivity contribution in [1.82, 2.24) is 0 Å². The lowest BCUT2D eigenvalue weighted by Crippen LogP contribution is -2.13. The molecule has 20 heavy (non-hydrogen) atoms. The molecule has 1 aromatic carbocycles. The van der Waals surface area contributed by atoms with Crippen LogP contribution in [0.25, 0.3) is 0 Å². The summed E-state index contributed by atoms with van der Waals surface area (Å²) in [5.74, 6) is 0.484.